The maximum atomic E-state index is 12.4. The second-order valence-electron chi connectivity index (χ2n) is 7.31. The quantitative estimate of drug-likeness (QED) is 0.465. The molecular formula is C24H26N4O. The molecule has 3 aromatic rings. The predicted octanol–water partition coefficient (Wildman–Crippen LogP) is 4.87. The molecule has 29 heavy (non-hydrogen) atoms. The Morgan fingerprint density at radius 1 is 1.17 bits per heavy atom. The van der Waals surface area contributed by atoms with Crippen LogP contribution >= 0.6 is 0 Å². The van der Waals surface area contributed by atoms with E-state index in [1.165, 1.54) is 5.56 Å². The van der Waals surface area contributed by atoms with E-state index in [1.54, 1.807) is 18.5 Å². The van der Waals surface area contributed by atoms with E-state index in [9.17, 15) is 4.79 Å². The van der Waals surface area contributed by atoms with Crippen molar-refractivity contribution in [2.75, 3.05) is 0 Å². The highest BCUT2D eigenvalue weighted by molar-refractivity contribution is 5.95. The number of benzene rings is 2. The third kappa shape index (κ3) is 6.01. The highest BCUT2D eigenvalue weighted by Crippen LogP contribution is 2.16. The van der Waals surface area contributed by atoms with Gasteiger partial charge in [0.1, 0.15) is 0 Å². The lowest BCUT2D eigenvalue weighted by atomic mass is 10.0. The Kier molecular flexibility index (Phi) is 6.74. The normalized spacial score (nSPS) is 11.9. The van der Waals surface area contributed by atoms with Crippen molar-refractivity contribution in [2.24, 2.45) is 5.10 Å². The molecule has 1 heterocycles. The van der Waals surface area contributed by atoms with Crippen LogP contribution in [0.4, 0.5) is 0 Å². The smallest absolute Gasteiger partial charge is 0.268 e. The molecule has 5 heteroatoms. The number of carbonyl (C=O) groups excluding carboxylic acids is 1. The SMILES string of the molecule is C/C(C=NNC(=O)c1cccc(Cn2cccn2)c1)=C\c1ccc(C(C)C)cc1. The zero-order valence-electron chi connectivity index (χ0n) is 17.0. The van der Waals surface area contributed by atoms with E-state index in [1.807, 2.05) is 48.1 Å². The van der Waals surface area contributed by atoms with Gasteiger partial charge in [-0.25, -0.2) is 5.43 Å². The highest BCUT2D eigenvalue weighted by atomic mass is 16.2. The molecule has 0 bridgehead atoms. The van der Waals surface area contributed by atoms with Crippen molar-refractivity contribution in [3.05, 3.63) is 94.8 Å². The van der Waals surface area contributed by atoms with Crippen molar-refractivity contribution >= 4 is 18.2 Å². The van der Waals surface area contributed by atoms with Crippen molar-refractivity contribution in [1.29, 1.82) is 0 Å². The number of allylic oxidation sites excluding steroid dienone is 1. The lowest BCUT2D eigenvalue weighted by molar-refractivity contribution is 0.0955. The van der Waals surface area contributed by atoms with Crippen molar-refractivity contribution in [3.8, 4) is 0 Å². The third-order valence-electron chi connectivity index (χ3n) is 4.52. The average molecular weight is 386 g/mol. The molecule has 0 saturated carbocycles. The van der Waals surface area contributed by atoms with E-state index in [0.29, 0.717) is 18.0 Å². The lowest BCUT2D eigenvalue weighted by Gasteiger charge is -2.05. The number of carbonyl (C=O) groups is 1. The van der Waals surface area contributed by atoms with Crippen LogP contribution in [0.1, 0.15) is 53.7 Å². The zero-order chi connectivity index (χ0) is 20.6. The molecule has 0 radical (unpaired) electrons. The zero-order valence-corrected chi connectivity index (χ0v) is 17.0. The first-order chi connectivity index (χ1) is 14.0. The molecule has 0 aliphatic rings. The van der Waals surface area contributed by atoms with Crippen LogP contribution in [-0.4, -0.2) is 21.9 Å². The summed E-state index contributed by atoms with van der Waals surface area (Å²) in [6, 6.07) is 17.8. The van der Waals surface area contributed by atoms with Crippen molar-refractivity contribution in [1.82, 2.24) is 15.2 Å². The number of rotatable bonds is 7. The van der Waals surface area contributed by atoms with Gasteiger partial charge >= 0.3 is 0 Å². The van der Waals surface area contributed by atoms with E-state index in [2.05, 4.69) is 53.7 Å². The summed E-state index contributed by atoms with van der Waals surface area (Å²) in [6.45, 7) is 6.93. The first kappa shape index (κ1) is 20.3. The fraction of sp³-hybridized carbons (Fsp3) is 0.208. The van der Waals surface area contributed by atoms with Crippen LogP contribution < -0.4 is 5.43 Å². The van der Waals surface area contributed by atoms with Gasteiger partial charge in [-0.15, -0.1) is 0 Å². The minimum atomic E-state index is -0.238. The molecule has 0 atom stereocenters. The number of hydrogen-bond donors (Lipinski definition) is 1. The number of aromatic nitrogens is 2. The van der Waals surface area contributed by atoms with Crippen molar-refractivity contribution < 1.29 is 4.79 Å². The monoisotopic (exact) mass is 386 g/mol. The number of hydrogen-bond acceptors (Lipinski definition) is 3. The Hall–Kier alpha value is -3.47. The third-order valence-corrected chi connectivity index (χ3v) is 4.52. The van der Waals surface area contributed by atoms with E-state index in [0.717, 1.165) is 16.7 Å². The van der Waals surface area contributed by atoms with E-state index < -0.39 is 0 Å². The largest absolute Gasteiger partial charge is 0.271 e. The Labute approximate surface area is 171 Å². The molecule has 148 valence electrons. The number of nitrogens with one attached hydrogen (secondary N) is 1. The lowest BCUT2D eigenvalue weighted by Crippen LogP contribution is -2.18. The molecule has 2 aromatic carbocycles. The highest BCUT2D eigenvalue weighted by Gasteiger charge is 2.05. The molecule has 0 spiro atoms. The standard InChI is InChI=1S/C24H26N4O/c1-18(2)22-10-8-20(9-11-22)14-19(3)16-25-27-24(29)23-7-4-6-21(15-23)17-28-13-5-12-26-28/h4-16,18H,17H2,1-3H3,(H,27,29)/b19-14+,25-16?. The second-order valence-corrected chi connectivity index (χ2v) is 7.31. The van der Waals surface area contributed by atoms with Gasteiger partial charge in [-0.3, -0.25) is 9.48 Å². The van der Waals surface area contributed by atoms with Gasteiger partial charge in [-0.1, -0.05) is 56.3 Å². The molecular weight excluding hydrogens is 360 g/mol. The number of hydrazone groups is 1. The summed E-state index contributed by atoms with van der Waals surface area (Å²) >= 11 is 0. The summed E-state index contributed by atoms with van der Waals surface area (Å²) in [6.07, 6.45) is 7.31. The van der Waals surface area contributed by atoms with Gasteiger partial charge in [-0.2, -0.15) is 10.2 Å². The van der Waals surface area contributed by atoms with E-state index >= 15 is 0 Å². The molecule has 0 aliphatic carbocycles. The molecule has 0 saturated heterocycles. The fourth-order valence-corrected chi connectivity index (χ4v) is 2.93. The summed E-state index contributed by atoms with van der Waals surface area (Å²) in [7, 11) is 0. The minimum Gasteiger partial charge on any atom is -0.268 e. The Morgan fingerprint density at radius 2 is 1.97 bits per heavy atom. The first-order valence-electron chi connectivity index (χ1n) is 9.69. The van der Waals surface area contributed by atoms with Crippen LogP contribution in [0, 0.1) is 0 Å². The van der Waals surface area contributed by atoms with Crippen LogP contribution in [-0.2, 0) is 6.54 Å². The Balaban J connectivity index is 1.58. The van der Waals surface area contributed by atoms with Gasteiger partial charge in [0.15, 0.2) is 0 Å². The van der Waals surface area contributed by atoms with Crippen LogP contribution in [0.15, 0.2) is 77.7 Å². The molecule has 0 unspecified atom stereocenters. The van der Waals surface area contributed by atoms with Crippen LogP contribution in [0.2, 0.25) is 0 Å². The van der Waals surface area contributed by atoms with Crippen molar-refractivity contribution in [3.63, 3.8) is 0 Å². The molecule has 0 aliphatic heterocycles. The van der Waals surface area contributed by atoms with Gasteiger partial charge in [-0.05, 0) is 53.3 Å². The molecule has 5 nitrogen and oxygen atoms in total. The summed E-state index contributed by atoms with van der Waals surface area (Å²) in [5.74, 6) is 0.279. The van der Waals surface area contributed by atoms with Gasteiger partial charge < -0.3 is 0 Å². The number of nitrogens with zero attached hydrogens (tertiary/aromatic N) is 3. The Morgan fingerprint density at radius 3 is 2.66 bits per heavy atom. The first-order valence-corrected chi connectivity index (χ1v) is 9.69. The summed E-state index contributed by atoms with van der Waals surface area (Å²) in [4.78, 5) is 12.4. The maximum Gasteiger partial charge on any atom is 0.271 e. The van der Waals surface area contributed by atoms with E-state index in [4.69, 9.17) is 0 Å². The van der Waals surface area contributed by atoms with Gasteiger partial charge in [0.2, 0.25) is 0 Å². The second kappa shape index (κ2) is 9.64. The van der Waals surface area contributed by atoms with Gasteiger partial charge in [0, 0.05) is 18.0 Å². The van der Waals surface area contributed by atoms with Crippen LogP contribution in [0.3, 0.4) is 0 Å². The minimum absolute atomic E-state index is 0.238. The van der Waals surface area contributed by atoms with Crippen LogP contribution in [0.25, 0.3) is 6.08 Å². The van der Waals surface area contributed by atoms with Crippen LogP contribution in [0.5, 0.6) is 0 Å². The molecule has 3 rings (SSSR count). The van der Waals surface area contributed by atoms with E-state index in [-0.39, 0.29) is 5.91 Å². The predicted molar refractivity (Wildman–Crippen MR) is 118 cm³/mol. The molecule has 0 fully saturated rings. The number of amides is 1. The maximum absolute atomic E-state index is 12.4. The van der Waals surface area contributed by atoms with Gasteiger partial charge in [0.25, 0.3) is 5.91 Å². The molecule has 1 N–H and O–H groups in total. The summed E-state index contributed by atoms with van der Waals surface area (Å²) in [5, 5.41) is 8.27. The van der Waals surface area contributed by atoms with Gasteiger partial charge in [0.05, 0.1) is 12.8 Å². The summed E-state index contributed by atoms with van der Waals surface area (Å²) in [5.41, 5.74) is 7.54. The molecule has 1 aromatic heterocycles. The summed E-state index contributed by atoms with van der Waals surface area (Å²) < 4.78 is 1.82. The molecule has 1 amide bonds. The fourth-order valence-electron chi connectivity index (χ4n) is 2.93. The topological polar surface area (TPSA) is 59.3 Å². The van der Waals surface area contributed by atoms with Crippen molar-refractivity contribution in [2.45, 2.75) is 33.2 Å². The average Bonchev–Trinajstić information content (AvgIpc) is 3.21. The Bertz CT molecular complexity index is 1000.